The molecule has 21 heavy (non-hydrogen) atoms. The number of rotatable bonds is 2. The molecule has 0 aliphatic heterocycles. The van der Waals surface area contributed by atoms with Crippen LogP contribution < -0.4 is 5.73 Å². The van der Waals surface area contributed by atoms with Crippen LogP contribution >= 0.6 is 27.5 Å². The summed E-state index contributed by atoms with van der Waals surface area (Å²) in [6.07, 6.45) is 0. The second-order valence-electron chi connectivity index (χ2n) is 4.55. The van der Waals surface area contributed by atoms with Gasteiger partial charge in [-0.2, -0.15) is 0 Å². The molecule has 2 nitrogen and oxygen atoms in total. The molecule has 0 spiro atoms. The number of fused-ring (bicyclic) bond motifs is 1. The smallest absolute Gasteiger partial charge is 0.173 e. The van der Waals surface area contributed by atoms with Gasteiger partial charge in [-0.3, -0.25) is 0 Å². The highest BCUT2D eigenvalue weighted by molar-refractivity contribution is 9.10. The fourth-order valence-electron chi connectivity index (χ4n) is 2.13. The maximum Gasteiger partial charge on any atom is 0.173 e. The Morgan fingerprint density at radius 2 is 1.95 bits per heavy atom. The van der Waals surface area contributed by atoms with Gasteiger partial charge >= 0.3 is 0 Å². The number of para-hydroxylation sites is 1. The van der Waals surface area contributed by atoms with Gasteiger partial charge in [-0.25, -0.2) is 8.78 Å². The lowest BCUT2D eigenvalue weighted by atomic mass is 10.0. The van der Waals surface area contributed by atoms with Crippen LogP contribution in [0.25, 0.3) is 11.0 Å². The molecule has 1 heterocycles. The molecule has 0 bridgehead atoms. The van der Waals surface area contributed by atoms with Crippen LogP contribution in [0.1, 0.15) is 17.4 Å². The number of hydrogen-bond acceptors (Lipinski definition) is 2. The summed E-state index contributed by atoms with van der Waals surface area (Å²) in [7, 11) is 0. The lowest BCUT2D eigenvalue weighted by Gasteiger charge is -2.12. The van der Waals surface area contributed by atoms with Gasteiger partial charge < -0.3 is 10.2 Å². The topological polar surface area (TPSA) is 39.2 Å². The molecule has 1 aromatic heterocycles. The van der Waals surface area contributed by atoms with E-state index in [1.807, 2.05) is 6.07 Å². The van der Waals surface area contributed by atoms with Gasteiger partial charge in [-0.1, -0.05) is 29.8 Å². The molecule has 0 saturated heterocycles. The van der Waals surface area contributed by atoms with Gasteiger partial charge in [0.15, 0.2) is 17.2 Å². The van der Waals surface area contributed by atoms with E-state index in [9.17, 15) is 8.78 Å². The molecule has 3 aromatic rings. The highest BCUT2D eigenvalue weighted by Crippen LogP contribution is 2.34. The molecule has 0 aliphatic carbocycles. The van der Waals surface area contributed by atoms with E-state index in [4.69, 9.17) is 21.8 Å². The first-order valence-electron chi connectivity index (χ1n) is 6.06. The van der Waals surface area contributed by atoms with Crippen molar-refractivity contribution >= 4 is 38.5 Å². The molecule has 2 N–H and O–H groups in total. The van der Waals surface area contributed by atoms with Crippen molar-refractivity contribution in [3.8, 4) is 0 Å². The van der Waals surface area contributed by atoms with Gasteiger partial charge in [0.2, 0.25) is 0 Å². The van der Waals surface area contributed by atoms with Gasteiger partial charge in [0.25, 0.3) is 0 Å². The van der Waals surface area contributed by atoms with Gasteiger partial charge in [-0.05, 0) is 39.7 Å². The predicted molar refractivity (Wildman–Crippen MR) is 81.3 cm³/mol. The van der Waals surface area contributed by atoms with Crippen LogP contribution in [0.3, 0.4) is 0 Å². The summed E-state index contributed by atoms with van der Waals surface area (Å²) in [6, 6.07) is 8.78. The van der Waals surface area contributed by atoms with Crippen LogP contribution in [-0.4, -0.2) is 0 Å². The number of benzene rings is 2. The molecule has 3 rings (SSSR count). The van der Waals surface area contributed by atoms with Gasteiger partial charge in [0.1, 0.15) is 5.76 Å². The van der Waals surface area contributed by atoms with Crippen LogP contribution in [0.2, 0.25) is 5.02 Å². The molecule has 0 saturated carbocycles. The second kappa shape index (κ2) is 5.40. The van der Waals surface area contributed by atoms with Crippen molar-refractivity contribution < 1.29 is 13.2 Å². The van der Waals surface area contributed by atoms with Crippen LogP contribution in [0.5, 0.6) is 0 Å². The quantitative estimate of drug-likeness (QED) is 0.630. The SMILES string of the molecule is NC(c1cc2cccc(Cl)c2o1)c1ccc(F)c(F)c1Br. The summed E-state index contributed by atoms with van der Waals surface area (Å²) in [6.45, 7) is 0. The first kappa shape index (κ1) is 14.5. The van der Waals surface area contributed by atoms with Crippen molar-refractivity contribution in [1.29, 1.82) is 0 Å². The summed E-state index contributed by atoms with van der Waals surface area (Å²) >= 11 is 9.07. The molecule has 0 aliphatic rings. The molecule has 0 fully saturated rings. The Balaban J connectivity index is 2.10. The average molecular weight is 373 g/mol. The second-order valence-corrected chi connectivity index (χ2v) is 5.75. The zero-order chi connectivity index (χ0) is 15.1. The molecule has 1 atom stereocenters. The van der Waals surface area contributed by atoms with Crippen LogP contribution in [-0.2, 0) is 0 Å². The molecule has 2 aromatic carbocycles. The third-order valence-electron chi connectivity index (χ3n) is 3.22. The first-order valence-corrected chi connectivity index (χ1v) is 7.23. The van der Waals surface area contributed by atoms with Crippen molar-refractivity contribution in [2.75, 3.05) is 0 Å². The molecule has 0 radical (unpaired) electrons. The highest BCUT2D eigenvalue weighted by Gasteiger charge is 2.21. The summed E-state index contributed by atoms with van der Waals surface area (Å²) in [5, 5.41) is 1.27. The van der Waals surface area contributed by atoms with Gasteiger partial charge in [0.05, 0.1) is 15.5 Å². The third kappa shape index (κ3) is 2.46. The standard InChI is InChI=1S/C15H9BrClF2NO/c16-12-8(4-5-10(18)13(12)19)14(20)11-6-7-2-1-3-9(17)15(7)21-11/h1-6,14H,20H2. The Morgan fingerprint density at radius 1 is 1.19 bits per heavy atom. The van der Waals surface area contributed by atoms with E-state index in [0.29, 0.717) is 21.9 Å². The zero-order valence-corrected chi connectivity index (χ0v) is 12.9. The fourth-order valence-corrected chi connectivity index (χ4v) is 2.92. The summed E-state index contributed by atoms with van der Waals surface area (Å²) in [5.41, 5.74) is 7.00. The number of halogens is 4. The third-order valence-corrected chi connectivity index (χ3v) is 4.33. The predicted octanol–water partition coefficient (Wildman–Crippen LogP) is 5.18. The van der Waals surface area contributed by atoms with E-state index in [1.165, 1.54) is 6.07 Å². The monoisotopic (exact) mass is 371 g/mol. The van der Waals surface area contributed by atoms with Crippen molar-refractivity contribution in [2.24, 2.45) is 5.73 Å². The average Bonchev–Trinajstić information content (AvgIpc) is 2.90. The Bertz CT molecular complexity index is 834. The van der Waals surface area contributed by atoms with Crippen molar-refractivity contribution in [3.05, 3.63) is 68.9 Å². The van der Waals surface area contributed by atoms with Crippen LogP contribution in [0, 0.1) is 11.6 Å². The summed E-state index contributed by atoms with van der Waals surface area (Å²) in [4.78, 5) is 0. The normalized spacial score (nSPS) is 12.8. The molecule has 0 amide bonds. The summed E-state index contributed by atoms with van der Waals surface area (Å²) < 4.78 is 32.4. The molecular weight excluding hydrogens is 364 g/mol. The Labute approximate surface area is 132 Å². The Morgan fingerprint density at radius 3 is 2.67 bits per heavy atom. The van der Waals surface area contributed by atoms with E-state index in [-0.39, 0.29) is 4.47 Å². The minimum atomic E-state index is -0.975. The lowest BCUT2D eigenvalue weighted by Crippen LogP contribution is -2.12. The van der Waals surface area contributed by atoms with Crippen molar-refractivity contribution in [1.82, 2.24) is 0 Å². The maximum atomic E-state index is 13.6. The highest BCUT2D eigenvalue weighted by atomic mass is 79.9. The zero-order valence-electron chi connectivity index (χ0n) is 10.5. The van der Waals surface area contributed by atoms with E-state index in [2.05, 4.69) is 15.9 Å². The minimum absolute atomic E-state index is 0.0125. The fraction of sp³-hybridized carbons (Fsp3) is 0.0667. The van der Waals surface area contributed by atoms with Gasteiger partial charge in [-0.15, -0.1) is 0 Å². The van der Waals surface area contributed by atoms with E-state index in [0.717, 1.165) is 11.5 Å². The molecule has 108 valence electrons. The van der Waals surface area contributed by atoms with Gasteiger partial charge in [0, 0.05) is 5.39 Å². The largest absolute Gasteiger partial charge is 0.457 e. The lowest BCUT2D eigenvalue weighted by molar-refractivity contribution is 0.494. The summed E-state index contributed by atoms with van der Waals surface area (Å²) in [5.74, 6) is -1.49. The minimum Gasteiger partial charge on any atom is -0.457 e. The Hall–Kier alpha value is -1.43. The number of furan rings is 1. The van der Waals surface area contributed by atoms with Crippen molar-refractivity contribution in [3.63, 3.8) is 0 Å². The maximum absolute atomic E-state index is 13.6. The van der Waals surface area contributed by atoms with E-state index in [1.54, 1.807) is 18.2 Å². The van der Waals surface area contributed by atoms with Crippen molar-refractivity contribution in [2.45, 2.75) is 6.04 Å². The van der Waals surface area contributed by atoms with Crippen LogP contribution in [0.15, 0.2) is 45.3 Å². The first-order chi connectivity index (χ1) is 9.99. The molecular formula is C15H9BrClF2NO. The molecule has 6 heteroatoms. The number of hydrogen-bond donors (Lipinski definition) is 1. The van der Waals surface area contributed by atoms with E-state index < -0.39 is 17.7 Å². The Kier molecular flexibility index (Phi) is 3.73. The number of nitrogens with two attached hydrogens (primary N) is 1. The molecule has 1 unspecified atom stereocenters. The van der Waals surface area contributed by atoms with E-state index >= 15 is 0 Å². The van der Waals surface area contributed by atoms with Crippen LogP contribution in [0.4, 0.5) is 8.78 Å².